The molecule has 0 heterocycles. The molecule has 0 bridgehead atoms. The number of carbonyl (C=O) groups is 2. The van der Waals surface area contributed by atoms with E-state index in [0.29, 0.717) is 0 Å². The highest BCUT2D eigenvalue weighted by molar-refractivity contribution is 5.70. The molecule has 1 aromatic carbocycles. The number of hydrogen-bond acceptors (Lipinski definition) is 8. The molecule has 0 saturated carbocycles. The largest absolute Gasteiger partial charge is 0.487 e. The second-order valence-electron chi connectivity index (χ2n) is 9.79. The van der Waals surface area contributed by atoms with Gasteiger partial charge >= 0.3 is 12.2 Å². The van der Waals surface area contributed by atoms with Crippen LogP contribution in [-0.2, 0) is 9.47 Å². The highest BCUT2D eigenvalue weighted by Gasteiger charge is 2.52. The van der Waals surface area contributed by atoms with Crippen LogP contribution in [0.25, 0.3) is 0 Å². The summed E-state index contributed by atoms with van der Waals surface area (Å²) in [7, 11) is 0. The summed E-state index contributed by atoms with van der Waals surface area (Å²) in [5.41, 5.74) is 12.1. The number of hydroxylamine groups is 1. The van der Waals surface area contributed by atoms with Crippen LogP contribution in [-0.4, -0.2) is 61.0 Å². The maximum atomic E-state index is 11.5. The van der Waals surface area contributed by atoms with Crippen molar-refractivity contribution in [3.8, 4) is 11.5 Å². The van der Waals surface area contributed by atoms with Gasteiger partial charge in [0.15, 0.2) is 11.5 Å². The van der Waals surface area contributed by atoms with E-state index in [2.05, 4.69) is 5.32 Å². The van der Waals surface area contributed by atoms with Gasteiger partial charge in [0.05, 0.1) is 43.3 Å². The van der Waals surface area contributed by atoms with E-state index < -0.39 is 28.6 Å². The van der Waals surface area contributed by atoms with Gasteiger partial charge < -0.3 is 46.0 Å². The van der Waals surface area contributed by atoms with E-state index in [1.54, 1.807) is 5.48 Å². The molecule has 2 amide bonds. The molecule has 12 nitrogen and oxygen atoms in total. The van der Waals surface area contributed by atoms with E-state index in [-0.39, 0.29) is 55.9 Å². The van der Waals surface area contributed by atoms with Gasteiger partial charge in [-0.25, -0.2) is 9.59 Å². The number of rotatable bonds is 12. The van der Waals surface area contributed by atoms with Crippen molar-refractivity contribution < 1.29 is 38.9 Å². The lowest BCUT2D eigenvalue weighted by Gasteiger charge is -2.53. The fraction of sp³-hybridized carbons (Fsp3) is 0.636. The topological polar surface area (TPSA) is 188 Å². The highest BCUT2D eigenvalue weighted by Crippen LogP contribution is 2.44. The van der Waals surface area contributed by atoms with Gasteiger partial charge in [0.2, 0.25) is 0 Å². The summed E-state index contributed by atoms with van der Waals surface area (Å²) in [5.74, 6) is 0.254. The van der Waals surface area contributed by atoms with E-state index in [1.165, 1.54) is 12.1 Å². The molecule has 0 unspecified atom stereocenters. The summed E-state index contributed by atoms with van der Waals surface area (Å²) >= 11 is 0. The zero-order valence-electron chi connectivity index (χ0n) is 20.7. The van der Waals surface area contributed by atoms with Crippen LogP contribution in [0.5, 0.6) is 11.5 Å². The average molecular weight is 487 g/mol. The molecule has 0 saturated heterocycles. The van der Waals surface area contributed by atoms with Crippen LogP contribution in [0.4, 0.5) is 21.0 Å². The summed E-state index contributed by atoms with van der Waals surface area (Å²) in [6.45, 7) is 12.8. The van der Waals surface area contributed by atoms with Crippen LogP contribution in [0.3, 0.4) is 0 Å². The quantitative estimate of drug-likeness (QED) is 0.146. The Balaban J connectivity index is 2.56. The molecule has 0 aliphatic rings. The standard InChI is InChI=1S/C22H38N4O8/c1-20(2,3)22(21(4,5)6,25-18(27)28)13-32-8-7-31-9-10-33-16-11-14(23)15(24)12-17(16)34-26-19(29)30/h11-12,25-26H,7-10,13,23-24H2,1-6H3,(H,27,28)(H,29,30). The van der Waals surface area contributed by atoms with Crippen molar-refractivity contribution in [1.29, 1.82) is 0 Å². The lowest BCUT2D eigenvalue weighted by atomic mass is 9.60. The van der Waals surface area contributed by atoms with Gasteiger partial charge in [-0.05, 0) is 10.8 Å². The molecule has 0 aromatic heterocycles. The summed E-state index contributed by atoms with van der Waals surface area (Å²) in [6, 6.07) is 2.77. The maximum Gasteiger partial charge on any atom is 0.438 e. The summed E-state index contributed by atoms with van der Waals surface area (Å²) < 4.78 is 16.9. The molecule has 1 aromatic rings. The zero-order valence-corrected chi connectivity index (χ0v) is 20.7. The van der Waals surface area contributed by atoms with Crippen molar-refractivity contribution in [2.75, 3.05) is 44.5 Å². The lowest BCUT2D eigenvalue weighted by Crippen LogP contribution is -2.67. The molecule has 0 aliphatic heterocycles. The fourth-order valence-corrected chi connectivity index (χ4v) is 3.69. The van der Waals surface area contributed by atoms with Crippen LogP contribution in [0, 0.1) is 10.8 Å². The molecule has 0 spiro atoms. The number of amides is 2. The van der Waals surface area contributed by atoms with Crippen LogP contribution >= 0.6 is 0 Å². The monoisotopic (exact) mass is 486 g/mol. The van der Waals surface area contributed by atoms with Gasteiger partial charge in [-0.3, -0.25) is 0 Å². The van der Waals surface area contributed by atoms with E-state index in [0.717, 1.165) is 0 Å². The molecule has 12 heteroatoms. The van der Waals surface area contributed by atoms with Crippen molar-refractivity contribution in [3.05, 3.63) is 12.1 Å². The Morgan fingerprint density at radius 1 is 0.824 bits per heavy atom. The number of anilines is 2. The Labute approximate surface area is 199 Å². The SMILES string of the molecule is CC(C)(C)C(COCCOCCOc1cc(N)c(N)cc1ONC(=O)O)(NC(=O)O)C(C)(C)C. The second-order valence-corrected chi connectivity index (χ2v) is 9.79. The first-order chi connectivity index (χ1) is 15.6. The van der Waals surface area contributed by atoms with E-state index in [1.807, 2.05) is 41.5 Å². The van der Waals surface area contributed by atoms with E-state index in [4.69, 9.17) is 35.6 Å². The summed E-state index contributed by atoms with van der Waals surface area (Å²) in [6.07, 6.45) is -2.49. The first-order valence-electron chi connectivity index (χ1n) is 10.7. The molecule has 8 N–H and O–H groups in total. The number of nitrogens with two attached hydrogens (primary N) is 2. The molecule has 0 radical (unpaired) electrons. The van der Waals surface area contributed by atoms with Crippen molar-refractivity contribution in [2.24, 2.45) is 10.8 Å². The van der Waals surface area contributed by atoms with Gasteiger partial charge in [0, 0.05) is 12.1 Å². The minimum Gasteiger partial charge on any atom is -0.487 e. The Morgan fingerprint density at radius 3 is 1.82 bits per heavy atom. The predicted molar refractivity (Wildman–Crippen MR) is 127 cm³/mol. The number of carboxylic acid groups (broad SMARTS) is 2. The van der Waals surface area contributed by atoms with Crippen molar-refractivity contribution in [2.45, 2.75) is 47.1 Å². The number of hydrogen-bond donors (Lipinski definition) is 6. The Hall–Kier alpha value is -3.12. The third-order valence-corrected chi connectivity index (χ3v) is 5.45. The van der Waals surface area contributed by atoms with Crippen molar-refractivity contribution >= 4 is 23.6 Å². The van der Waals surface area contributed by atoms with Crippen LogP contribution in [0.2, 0.25) is 0 Å². The minimum absolute atomic E-state index is 0.0593. The maximum absolute atomic E-state index is 11.5. The normalized spacial score (nSPS) is 12.2. The molecular formula is C22H38N4O8. The molecule has 34 heavy (non-hydrogen) atoms. The van der Waals surface area contributed by atoms with Gasteiger partial charge in [0.25, 0.3) is 0 Å². The zero-order chi connectivity index (χ0) is 26.2. The molecular weight excluding hydrogens is 448 g/mol. The van der Waals surface area contributed by atoms with Gasteiger partial charge in [0.1, 0.15) is 6.61 Å². The molecule has 0 atom stereocenters. The van der Waals surface area contributed by atoms with Crippen LogP contribution < -0.4 is 31.8 Å². The third kappa shape index (κ3) is 8.03. The smallest absolute Gasteiger partial charge is 0.438 e. The first-order valence-corrected chi connectivity index (χ1v) is 10.7. The number of nitrogen functional groups attached to an aromatic ring is 2. The number of nitrogens with one attached hydrogen (secondary N) is 2. The third-order valence-electron chi connectivity index (χ3n) is 5.45. The lowest BCUT2D eigenvalue weighted by molar-refractivity contribution is -0.0614. The molecule has 194 valence electrons. The highest BCUT2D eigenvalue weighted by atomic mass is 16.7. The van der Waals surface area contributed by atoms with Gasteiger partial charge in [-0.15, -0.1) is 0 Å². The molecule has 1 rings (SSSR count). The summed E-state index contributed by atoms with van der Waals surface area (Å²) in [4.78, 5) is 27.1. The molecule has 0 aliphatic carbocycles. The van der Waals surface area contributed by atoms with Gasteiger partial charge in [-0.2, -0.15) is 5.48 Å². The Kier molecular flexibility index (Phi) is 10.1. The minimum atomic E-state index is -1.38. The second kappa shape index (κ2) is 11.8. The average Bonchev–Trinajstić information content (AvgIpc) is 2.68. The van der Waals surface area contributed by atoms with Crippen LogP contribution in [0.1, 0.15) is 41.5 Å². The van der Waals surface area contributed by atoms with E-state index >= 15 is 0 Å². The van der Waals surface area contributed by atoms with E-state index in [9.17, 15) is 14.7 Å². The van der Waals surface area contributed by atoms with Crippen molar-refractivity contribution in [3.63, 3.8) is 0 Å². The first kappa shape index (κ1) is 28.9. The Bertz CT molecular complexity index is 819. The van der Waals surface area contributed by atoms with Crippen LogP contribution in [0.15, 0.2) is 12.1 Å². The number of ether oxygens (including phenoxy) is 3. The van der Waals surface area contributed by atoms with Crippen molar-refractivity contribution in [1.82, 2.24) is 10.8 Å². The fourth-order valence-electron chi connectivity index (χ4n) is 3.69. The Morgan fingerprint density at radius 2 is 1.32 bits per heavy atom. The van der Waals surface area contributed by atoms with Gasteiger partial charge in [-0.1, -0.05) is 41.5 Å². The number of benzene rings is 1. The summed E-state index contributed by atoms with van der Waals surface area (Å²) in [5, 5.41) is 20.8. The predicted octanol–water partition coefficient (Wildman–Crippen LogP) is 2.92. The molecule has 0 fully saturated rings.